The topological polar surface area (TPSA) is 66.4 Å². The summed E-state index contributed by atoms with van der Waals surface area (Å²) in [5.74, 6) is -0.289. The quantitative estimate of drug-likeness (QED) is 0.815. The Bertz CT molecular complexity index is 819. The first-order valence-electron chi connectivity index (χ1n) is 9.46. The number of amides is 2. The molecule has 2 amide bonds. The monoisotopic (exact) mass is 366 g/mol. The van der Waals surface area contributed by atoms with Crippen molar-refractivity contribution in [2.75, 3.05) is 18.0 Å². The molecule has 3 rings (SSSR count). The summed E-state index contributed by atoms with van der Waals surface area (Å²) >= 11 is 0. The molecule has 1 aliphatic heterocycles. The number of aromatic nitrogens is 2. The van der Waals surface area contributed by atoms with Gasteiger partial charge in [-0.15, -0.1) is 0 Å². The van der Waals surface area contributed by atoms with Crippen LogP contribution in [0.1, 0.15) is 47.9 Å². The van der Waals surface area contributed by atoms with Gasteiger partial charge in [-0.3, -0.25) is 14.6 Å². The molecule has 0 saturated carbocycles. The molecule has 27 heavy (non-hydrogen) atoms. The standard InChI is InChI=1S/C21H26N4O2/c1-4-5-8-18-13-24(17-9-6-7-15(2)10-17)20(26)14-25(18)21(27)19-12-22-16(3)11-23-19/h6-7,9-12,18H,4-5,8,13-14H2,1-3H3/t18-/m1/s1. The van der Waals surface area contributed by atoms with Gasteiger partial charge in [-0.25, -0.2) is 4.98 Å². The van der Waals surface area contributed by atoms with E-state index in [0.29, 0.717) is 12.2 Å². The third-order valence-electron chi connectivity index (χ3n) is 4.91. The summed E-state index contributed by atoms with van der Waals surface area (Å²) in [6, 6.07) is 7.90. The molecule has 0 N–H and O–H groups in total. The van der Waals surface area contributed by atoms with Crippen molar-refractivity contribution in [3.63, 3.8) is 0 Å². The highest BCUT2D eigenvalue weighted by molar-refractivity contribution is 6.01. The van der Waals surface area contributed by atoms with Crippen molar-refractivity contribution < 1.29 is 9.59 Å². The van der Waals surface area contributed by atoms with E-state index in [1.54, 1.807) is 16.0 Å². The molecular weight excluding hydrogens is 340 g/mol. The predicted molar refractivity (Wildman–Crippen MR) is 105 cm³/mol. The van der Waals surface area contributed by atoms with Crippen LogP contribution in [0.2, 0.25) is 0 Å². The van der Waals surface area contributed by atoms with Crippen LogP contribution in [0.4, 0.5) is 5.69 Å². The SMILES string of the molecule is CCCC[C@@H]1CN(c2cccc(C)c2)C(=O)CN1C(=O)c1cnc(C)cn1. The second-order valence-electron chi connectivity index (χ2n) is 7.12. The van der Waals surface area contributed by atoms with Crippen molar-refractivity contribution in [2.24, 2.45) is 0 Å². The average Bonchev–Trinajstić information content (AvgIpc) is 2.67. The molecule has 1 saturated heterocycles. The van der Waals surface area contributed by atoms with Crippen LogP contribution in [0.15, 0.2) is 36.7 Å². The first-order valence-corrected chi connectivity index (χ1v) is 9.46. The zero-order valence-corrected chi connectivity index (χ0v) is 16.2. The van der Waals surface area contributed by atoms with E-state index >= 15 is 0 Å². The van der Waals surface area contributed by atoms with Crippen LogP contribution in [0.25, 0.3) is 0 Å². The van der Waals surface area contributed by atoms with Crippen LogP contribution in [0.5, 0.6) is 0 Å². The number of benzene rings is 1. The van der Waals surface area contributed by atoms with Crippen molar-refractivity contribution in [3.05, 3.63) is 53.6 Å². The number of piperazine rings is 1. The number of rotatable bonds is 5. The lowest BCUT2D eigenvalue weighted by Gasteiger charge is -2.41. The lowest BCUT2D eigenvalue weighted by atomic mass is 10.0. The second-order valence-corrected chi connectivity index (χ2v) is 7.12. The molecule has 0 spiro atoms. The van der Waals surface area contributed by atoms with Crippen molar-refractivity contribution in [1.82, 2.24) is 14.9 Å². The normalized spacial score (nSPS) is 17.3. The van der Waals surface area contributed by atoms with Crippen LogP contribution in [0, 0.1) is 13.8 Å². The minimum Gasteiger partial charge on any atom is -0.323 e. The summed E-state index contributed by atoms with van der Waals surface area (Å²) in [4.78, 5) is 37.6. The van der Waals surface area contributed by atoms with E-state index in [9.17, 15) is 9.59 Å². The summed E-state index contributed by atoms with van der Waals surface area (Å²) in [6.45, 7) is 6.54. The summed E-state index contributed by atoms with van der Waals surface area (Å²) in [6.07, 6.45) is 5.98. The van der Waals surface area contributed by atoms with Gasteiger partial charge in [-0.05, 0) is 38.0 Å². The smallest absolute Gasteiger partial charge is 0.274 e. The van der Waals surface area contributed by atoms with Crippen molar-refractivity contribution in [2.45, 2.75) is 46.1 Å². The van der Waals surface area contributed by atoms with E-state index in [1.165, 1.54) is 6.20 Å². The Morgan fingerprint density at radius 2 is 2.04 bits per heavy atom. The Labute approximate surface area is 160 Å². The van der Waals surface area contributed by atoms with Gasteiger partial charge in [0.25, 0.3) is 5.91 Å². The van der Waals surface area contributed by atoms with E-state index in [0.717, 1.165) is 36.2 Å². The number of carbonyl (C=O) groups excluding carboxylic acids is 2. The number of nitrogens with zero attached hydrogens (tertiary/aromatic N) is 4. The summed E-state index contributed by atoms with van der Waals surface area (Å²) in [5.41, 5.74) is 3.05. The third-order valence-corrected chi connectivity index (χ3v) is 4.91. The lowest BCUT2D eigenvalue weighted by molar-refractivity contribution is -0.121. The molecule has 142 valence electrons. The minimum absolute atomic E-state index is 0.0289. The molecule has 1 atom stereocenters. The van der Waals surface area contributed by atoms with Crippen molar-refractivity contribution in [3.8, 4) is 0 Å². The first-order chi connectivity index (χ1) is 13.0. The molecule has 1 aromatic carbocycles. The summed E-state index contributed by atoms with van der Waals surface area (Å²) < 4.78 is 0. The van der Waals surface area contributed by atoms with E-state index in [4.69, 9.17) is 0 Å². The lowest BCUT2D eigenvalue weighted by Crippen LogP contribution is -2.58. The number of aryl methyl sites for hydroxylation is 2. The van der Waals surface area contributed by atoms with Crippen LogP contribution in [0.3, 0.4) is 0 Å². The maximum Gasteiger partial charge on any atom is 0.274 e. The molecule has 0 aliphatic carbocycles. The van der Waals surface area contributed by atoms with Gasteiger partial charge in [0.1, 0.15) is 12.2 Å². The number of hydrogen-bond acceptors (Lipinski definition) is 4. The predicted octanol–water partition coefficient (Wildman–Crippen LogP) is 3.14. The van der Waals surface area contributed by atoms with Crippen molar-refractivity contribution in [1.29, 1.82) is 0 Å². The maximum absolute atomic E-state index is 13.0. The molecule has 0 bridgehead atoms. The zero-order valence-electron chi connectivity index (χ0n) is 16.2. The number of carbonyl (C=O) groups is 2. The fraction of sp³-hybridized carbons (Fsp3) is 0.429. The molecule has 1 fully saturated rings. The van der Waals surface area contributed by atoms with Crippen LogP contribution in [-0.2, 0) is 4.79 Å². The Hall–Kier alpha value is -2.76. The first kappa shape index (κ1) is 19.0. The van der Waals surface area contributed by atoms with Gasteiger partial charge in [0.15, 0.2) is 0 Å². The van der Waals surface area contributed by atoms with Gasteiger partial charge in [0, 0.05) is 18.4 Å². The fourth-order valence-corrected chi connectivity index (χ4v) is 3.39. The van der Waals surface area contributed by atoms with Crippen LogP contribution >= 0.6 is 0 Å². The molecule has 6 heteroatoms. The number of hydrogen-bond donors (Lipinski definition) is 0. The zero-order chi connectivity index (χ0) is 19.4. The van der Waals surface area contributed by atoms with Crippen LogP contribution < -0.4 is 4.90 Å². The van der Waals surface area contributed by atoms with E-state index in [2.05, 4.69) is 16.9 Å². The maximum atomic E-state index is 13.0. The number of unbranched alkanes of at least 4 members (excludes halogenated alkanes) is 1. The van der Waals surface area contributed by atoms with Gasteiger partial charge < -0.3 is 9.80 Å². The van der Waals surface area contributed by atoms with Crippen molar-refractivity contribution >= 4 is 17.5 Å². The Morgan fingerprint density at radius 3 is 2.70 bits per heavy atom. The molecule has 2 aromatic rings. The summed E-state index contributed by atoms with van der Waals surface area (Å²) in [5, 5.41) is 0. The molecular formula is C21H26N4O2. The second kappa shape index (κ2) is 8.29. The Morgan fingerprint density at radius 1 is 1.22 bits per heavy atom. The van der Waals surface area contributed by atoms with Gasteiger partial charge in [0.05, 0.1) is 17.9 Å². The van der Waals surface area contributed by atoms with Gasteiger partial charge >= 0.3 is 0 Å². The van der Waals surface area contributed by atoms with Crippen LogP contribution in [-0.4, -0.2) is 45.8 Å². The highest BCUT2D eigenvalue weighted by Crippen LogP contribution is 2.24. The van der Waals surface area contributed by atoms with E-state index in [-0.39, 0.29) is 24.4 Å². The molecule has 0 radical (unpaired) electrons. The number of anilines is 1. The molecule has 6 nitrogen and oxygen atoms in total. The van der Waals surface area contributed by atoms with E-state index in [1.807, 2.05) is 38.1 Å². The highest BCUT2D eigenvalue weighted by Gasteiger charge is 2.36. The summed E-state index contributed by atoms with van der Waals surface area (Å²) in [7, 11) is 0. The third kappa shape index (κ3) is 4.32. The Balaban J connectivity index is 1.85. The molecule has 2 heterocycles. The Kier molecular flexibility index (Phi) is 5.84. The van der Waals surface area contributed by atoms with E-state index < -0.39 is 0 Å². The van der Waals surface area contributed by atoms with Gasteiger partial charge in [-0.2, -0.15) is 0 Å². The molecule has 1 aliphatic rings. The average molecular weight is 366 g/mol. The molecule has 1 aromatic heterocycles. The molecule has 0 unspecified atom stereocenters. The minimum atomic E-state index is -0.221. The fourth-order valence-electron chi connectivity index (χ4n) is 3.39. The van der Waals surface area contributed by atoms with Gasteiger partial charge in [0.2, 0.25) is 5.91 Å². The van der Waals surface area contributed by atoms with Gasteiger partial charge in [-0.1, -0.05) is 31.9 Å². The largest absolute Gasteiger partial charge is 0.323 e. The highest BCUT2D eigenvalue weighted by atomic mass is 16.2.